The number of furan rings is 1. The monoisotopic (exact) mass is 382 g/mol. The van der Waals surface area contributed by atoms with Crippen LogP contribution in [0.2, 0.25) is 5.02 Å². The summed E-state index contributed by atoms with van der Waals surface area (Å²) in [5, 5.41) is 13.0. The van der Waals surface area contributed by atoms with Gasteiger partial charge in [0.15, 0.2) is 0 Å². The maximum absolute atomic E-state index is 11.8. The van der Waals surface area contributed by atoms with Crippen LogP contribution >= 0.6 is 11.6 Å². The maximum atomic E-state index is 11.8. The first-order chi connectivity index (χ1) is 13.0. The van der Waals surface area contributed by atoms with Crippen molar-refractivity contribution in [2.75, 3.05) is 0 Å². The number of hydrazone groups is 1. The van der Waals surface area contributed by atoms with E-state index in [2.05, 4.69) is 10.5 Å². The summed E-state index contributed by atoms with van der Waals surface area (Å²) in [7, 11) is 0. The highest BCUT2D eigenvalue weighted by molar-refractivity contribution is 6.33. The molecular formula is C20H15ClN2O4. The van der Waals surface area contributed by atoms with Gasteiger partial charge in [0.25, 0.3) is 0 Å². The van der Waals surface area contributed by atoms with Crippen LogP contribution in [0.1, 0.15) is 21.7 Å². The number of nitrogens with one attached hydrogen (secondary N) is 1. The smallest absolute Gasteiger partial charge is 0.337 e. The van der Waals surface area contributed by atoms with Crippen LogP contribution < -0.4 is 5.43 Å². The molecule has 3 rings (SSSR count). The average molecular weight is 383 g/mol. The van der Waals surface area contributed by atoms with Crippen LogP contribution in [-0.4, -0.2) is 23.2 Å². The number of carboxylic acids is 1. The first-order valence-electron chi connectivity index (χ1n) is 8.02. The molecular weight excluding hydrogens is 368 g/mol. The van der Waals surface area contributed by atoms with Crippen molar-refractivity contribution in [1.29, 1.82) is 0 Å². The Hall–Kier alpha value is -3.38. The van der Waals surface area contributed by atoms with Crippen molar-refractivity contribution in [2.24, 2.45) is 5.10 Å². The molecule has 1 heterocycles. The van der Waals surface area contributed by atoms with E-state index in [-0.39, 0.29) is 22.9 Å². The molecule has 0 atom stereocenters. The molecule has 0 aliphatic carbocycles. The van der Waals surface area contributed by atoms with Crippen molar-refractivity contribution in [3.8, 4) is 11.3 Å². The summed E-state index contributed by atoms with van der Waals surface area (Å²) in [6.45, 7) is 0. The van der Waals surface area contributed by atoms with Crippen LogP contribution in [0.25, 0.3) is 11.3 Å². The van der Waals surface area contributed by atoms with Gasteiger partial charge in [-0.15, -0.1) is 0 Å². The number of nitrogens with zero attached hydrogens (tertiary/aromatic N) is 1. The number of carbonyl (C=O) groups excluding carboxylic acids is 1. The number of hydrogen-bond acceptors (Lipinski definition) is 4. The predicted octanol–water partition coefficient (Wildman–Crippen LogP) is 3.99. The van der Waals surface area contributed by atoms with Crippen molar-refractivity contribution < 1.29 is 19.1 Å². The minimum Gasteiger partial charge on any atom is -0.478 e. The molecule has 0 aliphatic heterocycles. The molecule has 1 amide bonds. The van der Waals surface area contributed by atoms with Crippen molar-refractivity contribution in [1.82, 2.24) is 5.43 Å². The summed E-state index contributed by atoms with van der Waals surface area (Å²) >= 11 is 5.97. The first kappa shape index (κ1) is 18.4. The highest BCUT2D eigenvalue weighted by Crippen LogP contribution is 2.27. The molecule has 1 aromatic heterocycles. The van der Waals surface area contributed by atoms with Gasteiger partial charge < -0.3 is 9.52 Å². The van der Waals surface area contributed by atoms with Gasteiger partial charge in [-0.05, 0) is 29.8 Å². The molecule has 3 aromatic rings. The molecule has 0 unspecified atom stereocenters. The average Bonchev–Trinajstić information content (AvgIpc) is 3.11. The first-order valence-corrected chi connectivity index (χ1v) is 8.39. The Balaban J connectivity index is 1.62. The molecule has 136 valence electrons. The number of carboxylic acid groups (broad SMARTS) is 1. The van der Waals surface area contributed by atoms with E-state index in [1.54, 1.807) is 18.2 Å². The third-order valence-corrected chi connectivity index (χ3v) is 4.01. The lowest BCUT2D eigenvalue weighted by Gasteiger charge is -2.01. The second-order valence-electron chi connectivity index (χ2n) is 5.66. The highest BCUT2D eigenvalue weighted by Gasteiger charge is 2.11. The van der Waals surface area contributed by atoms with Crippen LogP contribution in [0.15, 0.2) is 70.2 Å². The number of amides is 1. The van der Waals surface area contributed by atoms with E-state index in [1.165, 1.54) is 18.3 Å². The van der Waals surface area contributed by atoms with Gasteiger partial charge in [-0.2, -0.15) is 5.10 Å². The van der Waals surface area contributed by atoms with Gasteiger partial charge in [0, 0.05) is 5.56 Å². The van der Waals surface area contributed by atoms with Crippen LogP contribution in [0.3, 0.4) is 0 Å². The molecule has 0 fully saturated rings. The largest absolute Gasteiger partial charge is 0.478 e. The fourth-order valence-corrected chi connectivity index (χ4v) is 2.67. The lowest BCUT2D eigenvalue weighted by atomic mass is 10.1. The van der Waals surface area contributed by atoms with Gasteiger partial charge in [-0.1, -0.05) is 48.0 Å². The summed E-state index contributed by atoms with van der Waals surface area (Å²) in [5.74, 6) is -0.389. The Morgan fingerprint density at radius 3 is 2.59 bits per heavy atom. The minimum atomic E-state index is -1.09. The van der Waals surface area contributed by atoms with Crippen LogP contribution in [-0.2, 0) is 11.2 Å². The van der Waals surface area contributed by atoms with E-state index >= 15 is 0 Å². The molecule has 0 bridgehead atoms. The second-order valence-corrected chi connectivity index (χ2v) is 6.06. The molecule has 27 heavy (non-hydrogen) atoms. The Kier molecular flexibility index (Phi) is 5.68. The van der Waals surface area contributed by atoms with Crippen molar-refractivity contribution in [2.45, 2.75) is 6.42 Å². The zero-order valence-corrected chi connectivity index (χ0v) is 14.8. The summed E-state index contributed by atoms with van der Waals surface area (Å²) in [6.07, 6.45) is 1.62. The maximum Gasteiger partial charge on any atom is 0.337 e. The number of hydrogen-bond donors (Lipinski definition) is 2. The second kappa shape index (κ2) is 8.33. The minimum absolute atomic E-state index is 0.0230. The number of carbonyl (C=O) groups is 2. The number of benzene rings is 2. The molecule has 6 nitrogen and oxygen atoms in total. The summed E-state index contributed by atoms with van der Waals surface area (Å²) in [4.78, 5) is 22.8. The Morgan fingerprint density at radius 2 is 1.89 bits per heavy atom. The van der Waals surface area contributed by atoms with Gasteiger partial charge in [-0.25, -0.2) is 10.2 Å². The number of rotatable bonds is 6. The molecule has 0 saturated carbocycles. The fraction of sp³-hybridized carbons (Fsp3) is 0.0500. The van der Waals surface area contributed by atoms with Gasteiger partial charge in [0.1, 0.15) is 11.5 Å². The number of aromatic carboxylic acids is 1. The molecule has 0 aliphatic rings. The SMILES string of the molecule is O=C(Cc1ccccc1)N/N=C\c1ccc(-c2ccc(C(=O)O)c(Cl)c2)o1. The van der Waals surface area contributed by atoms with Crippen molar-refractivity contribution in [3.05, 3.63) is 82.6 Å². The van der Waals surface area contributed by atoms with Gasteiger partial charge in [0.2, 0.25) is 5.91 Å². The fourth-order valence-electron chi connectivity index (χ4n) is 2.41. The molecule has 0 spiro atoms. The quantitative estimate of drug-likeness (QED) is 0.498. The third kappa shape index (κ3) is 4.83. The molecule has 2 N–H and O–H groups in total. The predicted molar refractivity (Wildman–Crippen MR) is 102 cm³/mol. The van der Waals surface area contributed by atoms with E-state index in [9.17, 15) is 9.59 Å². The molecule has 0 radical (unpaired) electrons. The Morgan fingerprint density at radius 1 is 1.11 bits per heavy atom. The van der Waals surface area contributed by atoms with Crippen LogP contribution in [0.4, 0.5) is 0 Å². The third-order valence-electron chi connectivity index (χ3n) is 3.70. The van der Waals surface area contributed by atoms with E-state index in [4.69, 9.17) is 21.1 Å². The van der Waals surface area contributed by atoms with Crippen molar-refractivity contribution in [3.63, 3.8) is 0 Å². The lowest BCUT2D eigenvalue weighted by Crippen LogP contribution is -2.19. The summed E-state index contributed by atoms with van der Waals surface area (Å²) in [5.41, 5.74) is 4.00. The van der Waals surface area contributed by atoms with Crippen LogP contribution in [0, 0.1) is 0 Å². The zero-order chi connectivity index (χ0) is 19.2. The Bertz CT molecular complexity index is 996. The van der Waals surface area contributed by atoms with E-state index in [0.29, 0.717) is 17.1 Å². The standard InChI is InChI=1S/C20H15ClN2O4/c21-17-11-14(6-8-16(17)20(25)26)18-9-7-15(27-18)12-22-23-19(24)10-13-4-2-1-3-5-13/h1-9,11-12H,10H2,(H,23,24)(H,25,26)/b22-12-. The van der Waals surface area contributed by atoms with E-state index in [1.807, 2.05) is 30.3 Å². The molecule has 0 saturated heterocycles. The molecule has 7 heteroatoms. The zero-order valence-electron chi connectivity index (χ0n) is 14.1. The summed E-state index contributed by atoms with van der Waals surface area (Å²) < 4.78 is 5.62. The van der Waals surface area contributed by atoms with Gasteiger partial charge >= 0.3 is 5.97 Å². The van der Waals surface area contributed by atoms with Gasteiger partial charge in [-0.3, -0.25) is 4.79 Å². The number of halogens is 1. The van der Waals surface area contributed by atoms with Crippen molar-refractivity contribution >= 4 is 29.7 Å². The lowest BCUT2D eigenvalue weighted by molar-refractivity contribution is -0.120. The van der Waals surface area contributed by atoms with Gasteiger partial charge in [0.05, 0.1) is 23.2 Å². The normalized spacial score (nSPS) is 10.9. The Labute approximate surface area is 160 Å². The van der Waals surface area contributed by atoms with Crippen LogP contribution in [0.5, 0.6) is 0 Å². The van der Waals surface area contributed by atoms with E-state index < -0.39 is 5.97 Å². The summed E-state index contributed by atoms with van der Waals surface area (Å²) in [6, 6.07) is 17.3. The highest BCUT2D eigenvalue weighted by atomic mass is 35.5. The van der Waals surface area contributed by atoms with E-state index in [0.717, 1.165) is 5.56 Å². The topological polar surface area (TPSA) is 91.9 Å². The molecule has 2 aromatic carbocycles.